The van der Waals surface area contributed by atoms with Crippen molar-refractivity contribution in [3.8, 4) is 22.0 Å². The number of fused-ring (bicyclic) bond motifs is 1. The molecule has 0 radical (unpaired) electrons. The lowest BCUT2D eigenvalue weighted by atomic mass is 10.1. The van der Waals surface area contributed by atoms with Crippen molar-refractivity contribution in [1.29, 1.82) is 0 Å². The monoisotopic (exact) mass is 470 g/mol. The quantitative estimate of drug-likeness (QED) is 0.297. The number of esters is 1. The van der Waals surface area contributed by atoms with Crippen LogP contribution in [0.15, 0.2) is 47.8 Å². The molecular formula is C26H22N4O3S. The summed E-state index contributed by atoms with van der Waals surface area (Å²) in [6.07, 6.45) is 1.74. The first kappa shape index (κ1) is 21.8. The van der Waals surface area contributed by atoms with E-state index >= 15 is 0 Å². The minimum atomic E-state index is -0.382. The SMILES string of the molecule is CCOC(=O)c1c(C)[nH]c(C=C2C(=O)Nc3ccc(-c4csc(-c5ccccc5)n4)nc32)c1C. The van der Waals surface area contributed by atoms with E-state index in [-0.39, 0.29) is 11.9 Å². The topological polar surface area (TPSA) is 97.0 Å². The zero-order chi connectivity index (χ0) is 23.8. The Morgan fingerprint density at radius 2 is 1.88 bits per heavy atom. The highest BCUT2D eigenvalue weighted by Gasteiger charge is 2.28. The number of carbonyl (C=O) groups excluding carboxylic acids is 2. The molecule has 4 aromatic rings. The number of ether oxygens (including phenoxy) is 1. The van der Waals surface area contributed by atoms with Crippen LogP contribution in [0.4, 0.5) is 5.69 Å². The predicted molar refractivity (Wildman–Crippen MR) is 134 cm³/mol. The molecule has 7 nitrogen and oxygen atoms in total. The minimum absolute atomic E-state index is 0.243. The number of nitrogens with one attached hydrogen (secondary N) is 2. The molecule has 1 aromatic carbocycles. The van der Waals surface area contributed by atoms with Crippen LogP contribution in [0.5, 0.6) is 0 Å². The zero-order valence-electron chi connectivity index (χ0n) is 18.9. The third-order valence-corrected chi connectivity index (χ3v) is 6.57. The highest BCUT2D eigenvalue weighted by Crippen LogP contribution is 2.35. The van der Waals surface area contributed by atoms with Gasteiger partial charge >= 0.3 is 5.97 Å². The van der Waals surface area contributed by atoms with Crippen molar-refractivity contribution in [1.82, 2.24) is 15.0 Å². The van der Waals surface area contributed by atoms with Crippen molar-refractivity contribution >= 4 is 40.5 Å². The molecule has 34 heavy (non-hydrogen) atoms. The van der Waals surface area contributed by atoms with Gasteiger partial charge in [-0.15, -0.1) is 11.3 Å². The number of hydrogen-bond acceptors (Lipinski definition) is 6. The third kappa shape index (κ3) is 3.82. The van der Waals surface area contributed by atoms with E-state index in [9.17, 15) is 9.59 Å². The fourth-order valence-corrected chi connectivity index (χ4v) is 4.84. The zero-order valence-corrected chi connectivity index (χ0v) is 19.7. The third-order valence-electron chi connectivity index (χ3n) is 5.67. The fraction of sp³-hybridized carbons (Fsp3) is 0.154. The fourth-order valence-electron chi connectivity index (χ4n) is 4.02. The van der Waals surface area contributed by atoms with Crippen LogP contribution in [0.25, 0.3) is 33.6 Å². The van der Waals surface area contributed by atoms with Crippen LogP contribution >= 0.6 is 11.3 Å². The second-order valence-electron chi connectivity index (χ2n) is 7.89. The van der Waals surface area contributed by atoms with Gasteiger partial charge in [-0.2, -0.15) is 0 Å². The van der Waals surface area contributed by atoms with E-state index in [1.165, 1.54) is 0 Å². The van der Waals surface area contributed by atoms with Crippen LogP contribution in [-0.4, -0.2) is 33.4 Å². The molecule has 0 saturated heterocycles. The molecule has 1 amide bonds. The highest BCUT2D eigenvalue weighted by atomic mass is 32.1. The van der Waals surface area contributed by atoms with Gasteiger partial charge in [-0.05, 0) is 44.5 Å². The average Bonchev–Trinajstić information content (AvgIpc) is 3.51. The molecule has 0 bridgehead atoms. The number of aryl methyl sites for hydroxylation is 1. The second-order valence-corrected chi connectivity index (χ2v) is 8.75. The van der Waals surface area contributed by atoms with Crippen molar-refractivity contribution in [2.24, 2.45) is 0 Å². The first-order valence-electron chi connectivity index (χ1n) is 10.9. The van der Waals surface area contributed by atoms with Gasteiger partial charge < -0.3 is 15.0 Å². The average molecular weight is 471 g/mol. The molecule has 0 aliphatic carbocycles. The molecule has 8 heteroatoms. The van der Waals surface area contributed by atoms with E-state index in [0.29, 0.717) is 46.2 Å². The van der Waals surface area contributed by atoms with E-state index in [0.717, 1.165) is 21.8 Å². The Balaban J connectivity index is 1.52. The predicted octanol–water partition coefficient (Wildman–Crippen LogP) is 5.49. The lowest BCUT2D eigenvalue weighted by Crippen LogP contribution is -2.06. The van der Waals surface area contributed by atoms with Gasteiger partial charge in [-0.3, -0.25) is 4.79 Å². The van der Waals surface area contributed by atoms with E-state index in [1.807, 2.05) is 61.7 Å². The molecule has 0 saturated carbocycles. The molecule has 0 fully saturated rings. The Morgan fingerprint density at radius 3 is 2.65 bits per heavy atom. The molecule has 0 unspecified atom stereocenters. The molecule has 170 valence electrons. The number of rotatable bonds is 5. The number of aromatic amines is 1. The van der Waals surface area contributed by atoms with Crippen LogP contribution in [-0.2, 0) is 9.53 Å². The van der Waals surface area contributed by atoms with Gasteiger partial charge in [0.2, 0.25) is 0 Å². The lowest BCUT2D eigenvalue weighted by Gasteiger charge is -2.03. The van der Waals surface area contributed by atoms with E-state index in [4.69, 9.17) is 14.7 Å². The van der Waals surface area contributed by atoms with Crippen molar-refractivity contribution in [2.45, 2.75) is 20.8 Å². The van der Waals surface area contributed by atoms with Gasteiger partial charge in [0.25, 0.3) is 5.91 Å². The molecular weight excluding hydrogens is 448 g/mol. The van der Waals surface area contributed by atoms with Gasteiger partial charge in [0.15, 0.2) is 0 Å². The number of anilines is 1. The summed E-state index contributed by atoms with van der Waals surface area (Å²) in [4.78, 5) is 37.8. The molecule has 4 heterocycles. The Bertz CT molecular complexity index is 1450. The molecule has 5 rings (SSSR count). The number of pyridine rings is 1. The van der Waals surface area contributed by atoms with Crippen LogP contribution in [0, 0.1) is 13.8 Å². The van der Waals surface area contributed by atoms with Crippen LogP contribution in [0.3, 0.4) is 0 Å². The molecule has 0 spiro atoms. The van der Waals surface area contributed by atoms with Gasteiger partial charge in [0.05, 0.1) is 29.1 Å². The maximum atomic E-state index is 12.8. The largest absolute Gasteiger partial charge is 0.462 e. The molecule has 3 aromatic heterocycles. The van der Waals surface area contributed by atoms with Crippen molar-refractivity contribution in [2.75, 3.05) is 11.9 Å². The van der Waals surface area contributed by atoms with E-state index < -0.39 is 0 Å². The van der Waals surface area contributed by atoms with Gasteiger partial charge in [0, 0.05) is 22.3 Å². The maximum Gasteiger partial charge on any atom is 0.340 e. The summed E-state index contributed by atoms with van der Waals surface area (Å²) in [6.45, 7) is 5.71. The smallest absolute Gasteiger partial charge is 0.340 e. The summed E-state index contributed by atoms with van der Waals surface area (Å²) in [5, 5.41) is 5.74. The summed E-state index contributed by atoms with van der Waals surface area (Å²) in [7, 11) is 0. The molecule has 1 aliphatic rings. The first-order chi connectivity index (χ1) is 16.5. The first-order valence-corrected chi connectivity index (χ1v) is 11.8. The Hall–Kier alpha value is -4.04. The van der Waals surface area contributed by atoms with Crippen molar-refractivity contribution in [3.05, 3.63) is 76.1 Å². The minimum Gasteiger partial charge on any atom is -0.462 e. The Morgan fingerprint density at radius 1 is 1.09 bits per heavy atom. The van der Waals surface area contributed by atoms with Crippen molar-refractivity contribution < 1.29 is 14.3 Å². The Labute approximate surface area is 200 Å². The maximum absolute atomic E-state index is 12.8. The number of H-pyrrole nitrogens is 1. The van der Waals surface area contributed by atoms with Crippen LogP contribution < -0.4 is 5.32 Å². The number of aromatic nitrogens is 3. The molecule has 0 atom stereocenters. The Kier molecular flexibility index (Phi) is 5.59. The number of carbonyl (C=O) groups is 2. The highest BCUT2D eigenvalue weighted by molar-refractivity contribution is 7.13. The molecule has 2 N–H and O–H groups in total. The summed E-state index contributed by atoms with van der Waals surface area (Å²) in [6, 6.07) is 13.7. The summed E-state index contributed by atoms with van der Waals surface area (Å²) >= 11 is 1.55. The van der Waals surface area contributed by atoms with Crippen LogP contribution in [0.1, 0.15) is 39.9 Å². The number of amides is 1. The number of hydrogen-bond donors (Lipinski definition) is 2. The standard InChI is InChI=1S/C26H22N4O3S/c1-4-33-26(32)22-14(2)20(27-15(22)3)12-17-23-19(29-24(17)31)11-10-18(28-23)21-13-34-25(30-21)16-8-6-5-7-9-16/h5-13,27H,4H2,1-3H3,(H,29,31). The van der Waals surface area contributed by atoms with Crippen LogP contribution in [0.2, 0.25) is 0 Å². The number of nitrogens with zero attached hydrogens (tertiary/aromatic N) is 2. The number of thiazole rings is 1. The second kappa shape index (κ2) is 8.72. The summed E-state index contributed by atoms with van der Waals surface area (Å²) in [5.41, 5.74) is 6.70. The van der Waals surface area contributed by atoms with Gasteiger partial charge in [0.1, 0.15) is 16.4 Å². The number of benzene rings is 1. The normalized spacial score (nSPS) is 13.7. The van der Waals surface area contributed by atoms with E-state index in [2.05, 4.69) is 10.3 Å². The van der Waals surface area contributed by atoms with Gasteiger partial charge in [-0.1, -0.05) is 30.3 Å². The summed E-state index contributed by atoms with van der Waals surface area (Å²) < 4.78 is 5.17. The van der Waals surface area contributed by atoms with E-state index in [1.54, 1.807) is 24.3 Å². The molecule has 1 aliphatic heterocycles. The lowest BCUT2D eigenvalue weighted by molar-refractivity contribution is -0.110. The van der Waals surface area contributed by atoms with Crippen molar-refractivity contribution in [3.63, 3.8) is 0 Å². The van der Waals surface area contributed by atoms with Gasteiger partial charge in [-0.25, -0.2) is 14.8 Å². The summed E-state index contributed by atoms with van der Waals surface area (Å²) in [5.74, 6) is -0.625.